The van der Waals surface area contributed by atoms with Gasteiger partial charge in [-0.25, -0.2) is 0 Å². The van der Waals surface area contributed by atoms with Crippen molar-refractivity contribution in [3.8, 4) is 0 Å². The van der Waals surface area contributed by atoms with E-state index in [0.717, 1.165) is 0 Å². The Hall–Kier alpha value is -1.37. The van der Waals surface area contributed by atoms with Crippen LogP contribution >= 0.6 is 0 Å². The summed E-state index contributed by atoms with van der Waals surface area (Å²) < 4.78 is 0. The predicted molar refractivity (Wildman–Crippen MR) is 67.5 cm³/mol. The minimum absolute atomic E-state index is 0.362. The van der Waals surface area contributed by atoms with E-state index < -0.39 is 0 Å². The third-order valence-electron chi connectivity index (χ3n) is 4.04. The highest BCUT2D eigenvalue weighted by molar-refractivity contribution is 5.85. The summed E-state index contributed by atoms with van der Waals surface area (Å²) in [5.41, 5.74) is 1.68. The summed E-state index contributed by atoms with van der Waals surface area (Å²) in [7, 11) is 0. The van der Waals surface area contributed by atoms with Crippen LogP contribution in [0, 0.1) is 5.92 Å². The molecular weight excluding hydrogens is 194 g/mol. The van der Waals surface area contributed by atoms with Crippen molar-refractivity contribution in [2.24, 2.45) is 5.92 Å². The third kappa shape index (κ3) is 1.27. The Kier molecular flexibility index (Phi) is 2.03. The molecule has 82 valence electrons. The maximum Gasteiger partial charge on any atom is 0.0546 e. The summed E-state index contributed by atoms with van der Waals surface area (Å²) in [5, 5.41) is 2.66. The van der Waals surface area contributed by atoms with Gasteiger partial charge in [0, 0.05) is 17.0 Å². The lowest BCUT2D eigenvalue weighted by Gasteiger charge is -2.20. The average molecular weight is 211 g/mol. The van der Waals surface area contributed by atoms with Crippen LogP contribution in [0.3, 0.4) is 0 Å². The number of aromatic nitrogens is 1. The van der Waals surface area contributed by atoms with Crippen LogP contribution in [-0.4, -0.2) is 4.98 Å². The molecule has 1 aliphatic carbocycles. The van der Waals surface area contributed by atoms with Crippen molar-refractivity contribution < 1.29 is 0 Å². The molecule has 0 amide bonds. The molecule has 0 N–H and O–H groups in total. The van der Waals surface area contributed by atoms with Crippen LogP contribution in [0.25, 0.3) is 10.8 Å². The van der Waals surface area contributed by atoms with E-state index in [1.54, 1.807) is 0 Å². The molecule has 1 nitrogen and oxygen atoms in total. The summed E-state index contributed by atoms with van der Waals surface area (Å²) in [5.74, 6) is 0.686. The molecule has 0 atom stereocenters. The largest absolute Gasteiger partial charge is 0.260 e. The van der Waals surface area contributed by atoms with Crippen LogP contribution in [0.5, 0.6) is 0 Å². The fraction of sp³-hybridized carbons (Fsp3) is 0.400. The smallest absolute Gasteiger partial charge is 0.0546 e. The van der Waals surface area contributed by atoms with E-state index in [4.69, 9.17) is 0 Å². The topological polar surface area (TPSA) is 12.9 Å². The second-order valence-electron chi connectivity index (χ2n) is 5.19. The average Bonchev–Trinajstić information content (AvgIpc) is 3.09. The van der Waals surface area contributed by atoms with E-state index in [1.807, 2.05) is 6.20 Å². The molecule has 2 aromatic rings. The lowest BCUT2D eigenvalue weighted by Crippen LogP contribution is -2.16. The van der Waals surface area contributed by atoms with E-state index in [2.05, 4.69) is 49.2 Å². The van der Waals surface area contributed by atoms with Crippen molar-refractivity contribution in [1.82, 2.24) is 4.98 Å². The standard InChI is InChI=1S/C15H17N/c1-11(2)15(8-9-15)14-13-6-4-3-5-12(13)7-10-16-14/h3-7,10-11H,8-9H2,1-2H3. The Morgan fingerprint density at radius 3 is 2.56 bits per heavy atom. The van der Waals surface area contributed by atoms with E-state index >= 15 is 0 Å². The summed E-state index contributed by atoms with van der Waals surface area (Å²) in [6.07, 6.45) is 4.55. The van der Waals surface area contributed by atoms with Gasteiger partial charge in [-0.05, 0) is 30.2 Å². The van der Waals surface area contributed by atoms with Gasteiger partial charge in [0.2, 0.25) is 0 Å². The summed E-state index contributed by atoms with van der Waals surface area (Å²) in [6.45, 7) is 4.63. The summed E-state index contributed by atoms with van der Waals surface area (Å²) >= 11 is 0. The van der Waals surface area contributed by atoms with Crippen molar-refractivity contribution in [2.75, 3.05) is 0 Å². The van der Waals surface area contributed by atoms with Gasteiger partial charge >= 0.3 is 0 Å². The maximum absolute atomic E-state index is 4.66. The second kappa shape index (κ2) is 3.31. The highest BCUT2D eigenvalue weighted by Gasteiger charge is 2.48. The first-order valence-electron chi connectivity index (χ1n) is 6.08. The van der Waals surface area contributed by atoms with Crippen molar-refractivity contribution in [3.63, 3.8) is 0 Å². The van der Waals surface area contributed by atoms with E-state index in [0.29, 0.717) is 11.3 Å². The zero-order valence-electron chi connectivity index (χ0n) is 9.90. The molecule has 0 radical (unpaired) electrons. The minimum atomic E-state index is 0.362. The number of pyridine rings is 1. The van der Waals surface area contributed by atoms with Gasteiger partial charge in [-0.15, -0.1) is 0 Å². The van der Waals surface area contributed by atoms with Crippen LogP contribution in [0.4, 0.5) is 0 Å². The van der Waals surface area contributed by atoms with Crippen LogP contribution < -0.4 is 0 Å². The highest BCUT2D eigenvalue weighted by Crippen LogP contribution is 2.54. The van der Waals surface area contributed by atoms with Gasteiger partial charge in [0.15, 0.2) is 0 Å². The first-order chi connectivity index (χ1) is 7.74. The molecule has 1 fully saturated rings. The maximum atomic E-state index is 4.66. The second-order valence-corrected chi connectivity index (χ2v) is 5.19. The number of fused-ring (bicyclic) bond motifs is 1. The van der Waals surface area contributed by atoms with Gasteiger partial charge in [-0.2, -0.15) is 0 Å². The molecule has 1 saturated carbocycles. The molecule has 1 heteroatoms. The summed E-state index contributed by atoms with van der Waals surface area (Å²) in [4.78, 5) is 4.66. The van der Waals surface area contributed by atoms with Crippen LogP contribution in [0.1, 0.15) is 32.4 Å². The van der Waals surface area contributed by atoms with Gasteiger partial charge in [-0.1, -0.05) is 38.1 Å². The molecule has 3 rings (SSSR count). The SMILES string of the molecule is CC(C)C1(c2nccc3ccccc23)CC1. The van der Waals surface area contributed by atoms with Crippen LogP contribution in [-0.2, 0) is 5.41 Å². The summed E-state index contributed by atoms with van der Waals surface area (Å²) in [6, 6.07) is 10.7. The Morgan fingerprint density at radius 1 is 1.12 bits per heavy atom. The third-order valence-corrected chi connectivity index (χ3v) is 4.04. The molecule has 0 saturated heterocycles. The zero-order chi connectivity index (χ0) is 11.2. The van der Waals surface area contributed by atoms with E-state index in [9.17, 15) is 0 Å². The number of hydrogen-bond acceptors (Lipinski definition) is 1. The highest BCUT2D eigenvalue weighted by atomic mass is 14.7. The van der Waals surface area contributed by atoms with Crippen molar-refractivity contribution in [1.29, 1.82) is 0 Å². The molecule has 16 heavy (non-hydrogen) atoms. The van der Waals surface area contributed by atoms with Gasteiger partial charge in [0.1, 0.15) is 0 Å². The normalized spacial score (nSPS) is 17.9. The quantitative estimate of drug-likeness (QED) is 0.733. The van der Waals surface area contributed by atoms with Gasteiger partial charge in [0.05, 0.1) is 5.69 Å². The molecule has 1 aromatic heterocycles. The molecule has 0 bridgehead atoms. The van der Waals surface area contributed by atoms with E-state index in [1.165, 1.54) is 29.3 Å². The molecule has 1 aromatic carbocycles. The fourth-order valence-corrected chi connectivity index (χ4v) is 2.74. The van der Waals surface area contributed by atoms with Gasteiger partial charge < -0.3 is 0 Å². The molecule has 0 spiro atoms. The molecule has 0 unspecified atom stereocenters. The molecule has 0 aliphatic heterocycles. The lowest BCUT2D eigenvalue weighted by molar-refractivity contribution is 0.473. The molecule has 1 aliphatic rings. The Morgan fingerprint density at radius 2 is 1.88 bits per heavy atom. The minimum Gasteiger partial charge on any atom is -0.260 e. The monoisotopic (exact) mass is 211 g/mol. The number of nitrogens with zero attached hydrogens (tertiary/aromatic N) is 1. The van der Waals surface area contributed by atoms with E-state index in [-0.39, 0.29) is 0 Å². The Bertz CT molecular complexity index is 518. The first kappa shape index (κ1) is 9.83. The predicted octanol–water partition coefficient (Wildman–Crippen LogP) is 3.92. The molecular formula is C15H17N. The van der Waals surface area contributed by atoms with Crippen molar-refractivity contribution in [2.45, 2.75) is 32.1 Å². The van der Waals surface area contributed by atoms with Gasteiger partial charge in [0.25, 0.3) is 0 Å². The fourth-order valence-electron chi connectivity index (χ4n) is 2.74. The first-order valence-corrected chi connectivity index (χ1v) is 6.08. The molecule has 1 heterocycles. The Balaban J connectivity index is 2.25. The van der Waals surface area contributed by atoms with Crippen molar-refractivity contribution >= 4 is 10.8 Å². The van der Waals surface area contributed by atoms with Crippen molar-refractivity contribution in [3.05, 3.63) is 42.2 Å². The number of hydrogen-bond donors (Lipinski definition) is 0. The number of benzene rings is 1. The number of rotatable bonds is 2. The lowest BCUT2D eigenvalue weighted by atomic mass is 9.86. The Labute approximate surface area is 96.5 Å². The zero-order valence-corrected chi connectivity index (χ0v) is 9.90. The van der Waals surface area contributed by atoms with Crippen LogP contribution in [0.2, 0.25) is 0 Å². The van der Waals surface area contributed by atoms with Crippen LogP contribution in [0.15, 0.2) is 36.5 Å². The van der Waals surface area contributed by atoms with Gasteiger partial charge in [-0.3, -0.25) is 4.98 Å².